The van der Waals surface area contributed by atoms with Crippen LogP contribution < -0.4 is 0 Å². The third-order valence-electron chi connectivity index (χ3n) is 3.97. The Labute approximate surface area is 130 Å². The van der Waals surface area contributed by atoms with Gasteiger partial charge in [0.25, 0.3) is 0 Å². The van der Waals surface area contributed by atoms with Gasteiger partial charge in [-0.25, -0.2) is 0 Å². The van der Waals surface area contributed by atoms with Gasteiger partial charge in [-0.2, -0.15) is 5.10 Å². The maximum Gasteiger partial charge on any atom is 0.163 e. The van der Waals surface area contributed by atoms with E-state index in [4.69, 9.17) is 4.74 Å². The van der Waals surface area contributed by atoms with Crippen LogP contribution >= 0.6 is 0 Å². The number of nitrogens with zero attached hydrogens (tertiary/aromatic N) is 6. The van der Waals surface area contributed by atoms with Crippen LogP contribution in [0.5, 0.6) is 0 Å². The summed E-state index contributed by atoms with van der Waals surface area (Å²) in [6.07, 6.45) is 6.98. The van der Waals surface area contributed by atoms with Crippen LogP contribution in [0, 0.1) is 0 Å². The van der Waals surface area contributed by atoms with Crippen molar-refractivity contribution in [1.29, 1.82) is 0 Å². The summed E-state index contributed by atoms with van der Waals surface area (Å²) in [5.74, 6) is 0.925. The minimum absolute atomic E-state index is 0.00175. The van der Waals surface area contributed by atoms with Gasteiger partial charge in [0, 0.05) is 44.5 Å². The monoisotopic (exact) mass is 304 g/mol. The van der Waals surface area contributed by atoms with Crippen molar-refractivity contribution in [1.82, 2.24) is 29.4 Å². The standard InChI is InChI=1S/C15H24N6O/c1-3-5-21-10-13(8-17-21)9-19-6-7-22-14(11-19)15-18-16-12-20(15)4-2/h8,10,12,14H,3-7,9,11H2,1-2H3/t14-/m0/s1. The number of ether oxygens (including phenoxy) is 1. The summed E-state index contributed by atoms with van der Waals surface area (Å²) < 4.78 is 9.95. The molecule has 1 aliphatic heterocycles. The summed E-state index contributed by atoms with van der Waals surface area (Å²) in [4.78, 5) is 2.40. The molecule has 2 aromatic heterocycles. The summed E-state index contributed by atoms with van der Waals surface area (Å²) in [5, 5.41) is 12.6. The maximum absolute atomic E-state index is 5.89. The molecule has 1 fully saturated rings. The molecule has 0 amide bonds. The highest BCUT2D eigenvalue weighted by atomic mass is 16.5. The average molecular weight is 304 g/mol. The lowest BCUT2D eigenvalue weighted by molar-refractivity contribution is -0.0388. The molecule has 22 heavy (non-hydrogen) atoms. The van der Waals surface area contributed by atoms with E-state index in [1.165, 1.54) is 5.56 Å². The Morgan fingerprint density at radius 3 is 3.09 bits per heavy atom. The molecule has 7 heteroatoms. The first-order chi connectivity index (χ1) is 10.8. The Bertz CT molecular complexity index is 592. The topological polar surface area (TPSA) is 61.0 Å². The minimum atomic E-state index is 0.00175. The second-order valence-corrected chi connectivity index (χ2v) is 5.68. The van der Waals surface area contributed by atoms with Crippen LogP contribution in [0.15, 0.2) is 18.7 Å². The van der Waals surface area contributed by atoms with Crippen LogP contribution in [0.3, 0.4) is 0 Å². The molecule has 3 rings (SSSR count). The summed E-state index contributed by atoms with van der Waals surface area (Å²) >= 11 is 0. The van der Waals surface area contributed by atoms with Gasteiger partial charge >= 0.3 is 0 Å². The van der Waals surface area contributed by atoms with E-state index < -0.39 is 0 Å². The fourth-order valence-electron chi connectivity index (χ4n) is 2.86. The van der Waals surface area contributed by atoms with Crippen molar-refractivity contribution in [3.05, 3.63) is 30.1 Å². The molecule has 0 spiro atoms. The Kier molecular flexibility index (Phi) is 4.84. The van der Waals surface area contributed by atoms with E-state index in [1.807, 2.05) is 15.4 Å². The SMILES string of the molecule is CCCn1cc(CN2CCO[C@H](c3nncn3CC)C2)cn1. The lowest BCUT2D eigenvalue weighted by atomic mass is 10.2. The molecule has 0 bridgehead atoms. The number of hydrogen-bond donors (Lipinski definition) is 0. The lowest BCUT2D eigenvalue weighted by Crippen LogP contribution is -2.38. The smallest absolute Gasteiger partial charge is 0.163 e. The molecule has 0 N–H and O–H groups in total. The van der Waals surface area contributed by atoms with Gasteiger partial charge in [0.1, 0.15) is 12.4 Å². The minimum Gasteiger partial charge on any atom is -0.368 e. The first-order valence-electron chi connectivity index (χ1n) is 8.03. The zero-order valence-corrected chi connectivity index (χ0v) is 13.4. The molecule has 0 aliphatic carbocycles. The Morgan fingerprint density at radius 1 is 1.36 bits per heavy atom. The van der Waals surface area contributed by atoms with E-state index in [0.717, 1.165) is 51.6 Å². The van der Waals surface area contributed by atoms with Gasteiger partial charge in [0.2, 0.25) is 0 Å². The van der Waals surface area contributed by atoms with Crippen LogP contribution in [0.25, 0.3) is 0 Å². The summed E-state index contributed by atoms with van der Waals surface area (Å²) in [6.45, 7) is 9.52. The van der Waals surface area contributed by atoms with Gasteiger partial charge in [-0.1, -0.05) is 6.92 Å². The van der Waals surface area contributed by atoms with Crippen molar-refractivity contribution in [2.45, 2.75) is 46.0 Å². The van der Waals surface area contributed by atoms with Gasteiger partial charge in [0.15, 0.2) is 5.82 Å². The van der Waals surface area contributed by atoms with Crippen molar-refractivity contribution in [3.8, 4) is 0 Å². The van der Waals surface area contributed by atoms with Crippen molar-refractivity contribution in [2.24, 2.45) is 0 Å². The van der Waals surface area contributed by atoms with Gasteiger partial charge in [-0.05, 0) is 13.3 Å². The quantitative estimate of drug-likeness (QED) is 0.809. The van der Waals surface area contributed by atoms with Crippen LogP contribution in [-0.4, -0.2) is 49.1 Å². The molecule has 0 aromatic carbocycles. The Hall–Kier alpha value is -1.73. The predicted molar refractivity (Wildman–Crippen MR) is 82.2 cm³/mol. The predicted octanol–water partition coefficient (Wildman–Crippen LogP) is 1.48. The number of aromatic nitrogens is 5. The molecule has 3 heterocycles. The fourth-order valence-corrected chi connectivity index (χ4v) is 2.86. The number of morpholine rings is 1. The lowest BCUT2D eigenvalue weighted by Gasteiger charge is -2.32. The second-order valence-electron chi connectivity index (χ2n) is 5.68. The molecule has 7 nitrogen and oxygen atoms in total. The summed E-state index contributed by atoms with van der Waals surface area (Å²) in [5.41, 5.74) is 1.26. The van der Waals surface area contributed by atoms with Gasteiger partial charge in [-0.3, -0.25) is 9.58 Å². The normalized spacial score (nSPS) is 19.6. The zero-order chi connectivity index (χ0) is 15.4. The van der Waals surface area contributed by atoms with E-state index in [1.54, 1.807) is 6.33 Å². The van der Waals surface area contributed by atoms with Crippen LogP contribution in [0.4, 0.5) is 0 Å². The van der Waals surface area contributed by atoms with E-state index in [-0.39, 0.29) is 6.10 Å². The van der Waals surface area contributed by atoms with Crippen molar-refractivity contribution >= 4 is 0 Å². The van der Waals surface area contributed by atoms with E-state index in [0.29, 0.717) is 0 Å². The fraction of sp³-hybridized carbons (Fsp3) is 0.667. The van der Waals surface area contributed by atoms with Crippen molar-refractivity contribution in [2.75, 3.05) is 19.7 Å². The number of aryl methyl sites for hydroxylation is 2. The van der Waals surface area contributed by atoms with E-state index in [2.05, 4.69) is 40.2 Å². The second kappa shape index (κ2) is 7.02. The van der Waals surface area contributed by atoms with E-state index in [9.17, 15) is 0 Å². The molecule has 2 aromatic rings. The summed E-state index contributed by atoms with van der Waals surface area (Å²) in [6, 6.07) is 0. The van der Waals surface area contributed by atoms with Crippen LogP contribution in [0.2, 0.25) is 0 Å². The molecule has 120 valence electrons. The van der Waals surface area contributed by atoms with Crippen molar-refractivity contribution < 1.29 is 4.74 Å². The number of rotatable bonds is 6. The van der Waals surface area contributed by atoms with E-state index >= 15 is 0 Å². The first kappa shape index (κ1) is 15.2. The molecule has 0 unspecified atom stereocenters. The third kappa shape index (κ3) is 3.36. The molecule has 1 saturated heterocycles. The molecular formula is C15H24N6O. The highest BCUT2D eigenvalue weighted by Gasteiger charge is 2.26. The largest absolute Gasteiger partial charge is 0.368 e. The van der Waals surface area contributed by atoms with Crippen molar-refractivity contribution in [3.63, 3.8) is 0 Å². The zero-order valence-electron chi connectivity index (χ0n) is 13.4. The average Bonchev–Trinajstić information content (AvgIpc) is 3.17. The molecule has 0 radical (unpaired) electrons. The molecule has 1 aliphatic rings. The first-order valence-corrected chi connectivity index (χ1v) is 8.03. The highest BCUT2D eigenvalue weighted by molar-refractivity contribution is 5.04. The highest BCUT2D eigenvalue weighted by Crippen LogP contribution is 2.21. The summed E-state index contributed by atoms with van der Waals surface area (Å²) in [7, 11) is 0. The third-order valence-corrected chi connectivity index (χ3v) is 3.97. The van der Waals surface area contributed by atoms with Gasteiger partial charge < -0.3 is 9.30 Å². The number of hydrogen-bond acceptors (Lipinski definition) is 5. The van der Waals surface area contributed by atoms with Crippen LogP contribution in [0.1, 0.15) is 37.8 Å². The maximum atomic E-state index is 5.89. The Morgan fingerprint density at radius 2 is 2.27 bits per heavy atom. The van der Waals surface area contributed by atoms with Gasteiger partial charge in [0.05, 0.1) is 12.8 Å². The van der Waals surface area contributed by atoms with Gasteiger partial charge in [-0.15, -0.1) is 10.2 Å². The molecule has 1 atom stereocenters. The van der Waals surface area contributed by atoms with Crippen LogP contribution in [-0.2, 0) is 24.4 Å². The molecular weight excluding hydrogens is 280 g/mol. The Balaban J connectivity index is 1.62. The molecule has 0 saturated carbocycles.